The van der Waals surface area contributed by atoms with E-state index in [-0.39, 0.29) is 0 Å². The smallest absolute Gasteiger partial charge is 0.160 e. The van der Waals surface area contributed by atoms with Gasteiger partial charge in [-0.2, -0.15) is 0 Å². The Morgan fingerprint density at radius 1 is 0.553 bits per heavy atom. The van der Waals surface area contributed by atoms with Gasteiger partial charge in [0.05, 0.1) is 11.0 Å². The van der Waals surface area contributed by atoms with Crippen molar-refractivity contribution in [1.29, 1.82) is 0 Å². The molecule has 4 heteroatoms. The second kappa shape index (κ2) is 8.37. The maximum absolute atomic E-state index is 4.58. The van der Waals surface area contributed by atoms with Gasteiger partial charge in [-0.15, -0.1) is 11.3 Å². The summed E-state index contributed by atoms with van der Waals surface area (Å²) in [5.74, 6) is 0.760. The van der Waals surface area contributed by atoms with Crippen LogP contribution in [0.15, 0.2) is 128 Å². The highest BCUT2D eigenvalue weighted by atomic mass is 32.1. The highest BCUT2D eigenvalue weighted by molar-refractivity contribution is 7.27. The van der Waals surface area contributed by atoms with E-state index in [0.29, 0.717) is 0 Å². The molecule has 0 radical (unpaired) electrons. The van der Waals surface area contributed by atoms with Crippen molar-refractivity contribution < 1.29 is 0 Å². The first-order chi connectivity index (χ1) is 18.9. The minimum absolute atomic E-state index is 0.760. The predicted molar refractivity (Wildman–Crippen MR) is 160 cm³/mol. The number of nitrogens with zero attached hydrogens (tertiary/aromatic N) is 3. The number of fused-ring (bicyclic) bond motifs is 7. The number of benzene rings is 5. The van der Waals surface area contributed by atoms with E-state index < -0.39 is 0 Å². The van der Waals surface area contributed by atoms with Gasteiger partial charge in [0, 0.05) is 60.2 Å². The van der Waals surface area contributed by atoms with E-state index in [0.717, 1.165) is 17.1 Å². The van der Waals surface area contributed by atoms with Crippen LogP contribution in [0.25, 0.3) is 70.2 Å². The molecule has 3 heterocycles. The fourth-order valence-electron chi connectivity index (χ4n) is 5.70. The van der Waals surface area contributed by atoms with E-state index in [9.17, 15) is 0 Å². The van der Waals surface area contributed by atoms with Gasteiger partial charge in [-0.3, -0.25) is 0 Å². The molecule has 0 fully saturated rings. The number of aromatic nitrogens is 3. The molecule has 0 atom stereocenters. The van der Waals surface area contributed by atoms with Gasteiger partial charge in [0.2, 0.25) is 0 Å². The van der Waals surface area contributed by atoms with Crippen molar-refractivity contribution in [3.63, 3.8) is 0 Å². The van der Waals surface area contributed by atoms with Gasteiger partial charge in [-0.25, -0.2) is 9.97 Å². The van der Waals surface area contributed by atoms with Crippen molar-refractivity contribution in [2.45, 2.75) is 0 Å². The summed E-state index contributed by atoms with van der Waals surface area (Å²) in [4.78, 5) is 9.16. The monoisotopic (exact) mass is 503 g/mol. The molecule has 0 aliphatic carbocycles. The molecule has 8 aromatic rings. The molecule has 0 saturated heterocycles. The molecule has 3 nitrogen and oxygen atoms in total. The van der Waals surface area contributed by atoms with Crippen LogP contribution in [-0.2, 0) is 0 Å². The first-order valence-electron chi connectivity index (χ1n) is 12.7. The lowest BCUT2D eigenvalue weighted by Crippen LogP contribution is -1.95. The van der Waals surface area contributed by atoms with Crippen LogP contribution in [0.4, 0.5) is 0 Å². The topological polar surface area (TPSA) is 30.7 Å². The molecule has 0 N–H and O–H groups in total. The fraction of sp³-hybridized carbons (Fsp3) is 0. The molecule has 0 unspecified atom stereocenters. The zero-order valence-corrected chi connectivity index (χ0v) is 21.2. The van der Waals surface area contributed by atoms with Gasteiger partial charge >= 0.3 is 0 Å². The number of hydrogen-bond donors (Lipinski definition) is 0. The van der Waals surface area contributed by atoms with Gasteiger partial charge in [0.1, 0.15) is 0 Å². The minimum Gasteiger partial charge on any atom is -0.309 e. The first-order valence-corrected chi connectivity index (χ1v) is 13.5. The summed E-state index contributed by atoms with van der Waals surface area (Å²) in [5.41, 5.74) is 7.12. The van der Waals surface area contributed by atoms with Crippen LogP contribution in [0, 0.1) is 0 Å². The highest BCUT2D eigenvalue weighted by Crippen LogP contribution is 2.48. The van der Waals surface area contributed by atoms with Crippen LogP contribution in [0.2, 0.25) is 0 Å². The Labute approximate surface area is 223 Å². The SMILES string of the molecule is c1ccc(-c2cc3c4cccc(-c5ncccn5)c4sc3c3c4ccccc4n(-c4ccccc4)c23)cc1. The number of para-hydroxylation sites is 2. The van der Waals surface area contributed by atoms with E-state index in [2.05, 4.69) is 124 Å². The Morgan fingerprint density at radius 2 is 1.26 bits per heavy atom. The van der Waals surface area contributed by atoms with Gasteiger partial charge in [-0.1, -0.05) is 78.9 Å². The number of thiophene rings is 1. The number of hydrogen-bond acceptors (Lipinski definition) is 3. The molecule has 0 aliphatic rings. The van der Waals surface area contributed by atoms with Crippen LogP contribution in [0.3, 0.4) is 0 Å². The zero-order chi connectivity index (χ0) is 25.1. The van der Waals surface area contributed by atoms with Gasteiger partial charge < -0.3 is 4.57 Å². The second-order valence-electron chi connectivity index (χ2n) is 9.44. The van der Waals surface area contributed by atoms with E-state index in [1.165, 1.54) is 53.1 Å². The average molecular weight is 504 g/mol. The van der Waals surface area contributed by atoms with Crippen molar-refractivity contribution >= 4 is 53.3 Å². The lowest BCUT2D eigenvalue weighted by Gasteiger charge is -2.12. The number of rotatable bonds is 3. The molecule has 178 valence electrons. The summed E-state index contributed by atoms with van der Waals surface area (Å²) in [6, 6.07) is 41.0. The van der Waals surface area contributed by atoms with E-state index in [1.807, 2.05) is 29.8 Å². The largest absolute Gasteiger partial charge is 0.309 e. The highest BCUT2D eigenvalue weighted by Gasteiger charge is 2.22. The summed E-state index contributed by atoms with van der Waals surface area (Å²) in [7, 11) is 0. The van der Waals surface area contributed by atoms with Crippen molar-refractivity contribution in [3.8, 4) is 28.2 Å². The van der Waals surface area contributed by atoms with E-state index in [4.69, 9.17) is 0 Å². The van der Waals surface area contributed by atoms with Crippen molar-refractivity contribution in [1.82, 2.24) is 14.5 Å². The lowest BCUT2D eigenvalue weighted by atomic mass is 9.98. The summed E-state index contributed by atoms with van der Waals surface area (Å²) < 4.78 is 4.94. The molecule has 0 spiro atoms. The second-order valence-corrected chi connectivity index (χ2v) is 10.5. The first kappa shape index (κ1) is 21.3. The molecular formula is C34H21N3S. The molecule has 5 aromatic carbocycles. The Morgan fingerprint density at radius 3 is 2.08 bits per heavy atom. The fourth-order valence-corrected chi connectivity index (χ4v) is 7.05. The third-order valence-electron chi connectivity index (χ3n) is 7.31. The third kappa shape index (κ3) is 3.07. The van der Waals surface area contributed by atoms with Gasteiger partial charge in [-0.05, 0) is 42.0 Å². The Kier molecular flexibility index (Phi) is 4.69. The molecule has 38 heavy (non-hydrogen) atoms. The minimum atomic E-state index is 0.760. The third-order valence-corrected chi connectivity index (χ3v) is 8.58. The Balaban J connectivity index is 1.62. The van der Waals surface area contributed by atoms with E-state index in [1.54, 1.807) is 0 Å². The van der Waals surface area contributed by atoms with Crippen LogP contribution in [0.1, 0.15) is 0 Å². The zero-order valence-electron chi connectivity index (χ0n) is 20.4. The molecule has 0 saturated carbocycles. The Bertz CT molecular complexity index is 2110. The summed E-state index contributed by atoms with van der Waals surface area (Å²) in [6.45, 7) is 0. The maximum Gasteiger partial charge on any atom is 0.160 e. The van der Waals surface area contributed by atoms with Crippen LogP contribution >= 0.6 is 11.3 Å². The van der Waals surface area contributed by atoms with Gasteiger partial charge in [0.15, 0.2) is 5.82 Å². The van der Waals surface area contributed by atoms with Crippen molar-refractivity contribution in [3.05, 3.63) is 128 Å². The summed E-state index contributed by atoms with van der Waals surface area (Å²) in [6.07, 6.45) is 3.63. The van der Waals surface area contributed by atoms with Crippen molar-refractivity contribution in [2.75, 3.05) is 0 Å². The molecule has 8 rings (SSSR count). The standard InChI is InChI=1S/C34H21N3S/c1-3-11-22(12-4-1)27-21-28-24-16-9-17-26(34-35-19-10-20-36-34)32(24)38-33(28)30-25-15-7-8-18-29(25)37(31(27)30)23-13-5-2-6-14-23/h1-21H. The quantitative estimate of drug-likeness (QED) is 0.240. The van der Waals surface area contributed by atoms with Gasteiger partial charge in [0.25, 0.3) is 0 Å². The summed E-state index contributed by atoms with van der Waals surface area (Å²) >= 11 is 1.85. The van der Waals surface area contributed by atoms with E-state index >= 15 is 0 Å². The molecule has 3 aromatic heterocycles. The summed E-state index contributed by atoms with van der Waals surface area (Å²) in [5, 5.41) is 5.07. The van der Waals surface area contributed by atoms with Crippen LogP contribution < -0.4 is 0 Å². The van der Waals surface area contributed by atoms with Crippen LogP contribution in [-0.4, -0.2) is 14.5 Å². The normalized spacial score (nSPS) is 11.7. The lowest BCUT2D eigenvalue weighted by molar-refractivity contribution is 1.18. The molecule has 0 aliphatic heterocycles. The van der Waals surface area contributed by atoms with Crippen LogP contribution in [0.5, 0.6) is 0 Å². The average Bonchev–Trinajstić information content (AvgIpc) is 3.54. The predicted octanol–water partition coefficient (Wildman–Crippen LogP) is 9.28. The maximum atomic E-state index is 4.58. The van der Waals surface area contributed by atoms with Crippen molar-refractivity contribution in [2.24, 2.45) is 0 Å². The molecular weight excluding hydrogens is 482 g/mol. The Hall–Kier alpha value is -4.80. The molecule has 0 bridgehead atoms. The molecule has 0 amide bonds.